The molecule has 0 N–H and O–H groups in total. The molecule has 0 aliphatic carbocycles. The van der Waals surface area contributed by atoms with Crippen LogP contribution in [0.1, 0.15) is 6.92 Å². The van der Waals surface area contributed by atoms with E-state index in [0.29, 0.717) is 0 Å². The van der Waals surface area contributed by atoms with Crippen molar-refractivity contribution in [2.24, 2.45) is 10.2 Å². The number of rotatable bonds is 0. The zero-order chi connectivity index (χ0) is 5.82. The lowest BCUT2D eigenvalue weighted by molar-refractivity contribution is 1.25. The molecule has 8 heavy (non-hydrogen) atoms. The molecule has 0 aromatic heterocycles. The monoisotopic (exact) mass is 106 g/mol. The van der Waals surface area contributed by atoms with Crippen LogP contribution in [0.15, 0.2) is 28.1 Å². The second-order valence-electron chi connectivity index (χ2n) is 1.48. The van der Waals surface area contributed by atoms with E-state index in [1.54, 1.807) is 18.4 Å². The number of nitrogens with zero attached hydrogens (tertiary/aromatic N) is 2. The van der Waals surface area contributed by atoms with Gasteiger partial charge in [-0.05, 0) is 6.92 Å². The summed E-state index contributed by atoms with van der Waals surface area (Å²) in [5.41, 5.74) is 3.75. The highest BCUT2D eigenvalue weighted by Crippen LogP contribution is 1.83. The summed E-state index contributed by atoms with van der Waals surface area (Å²) >= 11 is 0. The number of hydrogen-bond acceptors (Lipinski definition) is 2. The molecule has 1 heterocycles. The molecule has 0 aromatic carbocycles. The minimum atomic E-state index is 0.884. The third kappa shape index (κ3) is 1.17. The quantitative estimate of drug-likeness (QED) is 0.414. The van der Waals surface area contributed by atoms with Gasteiger partial charge in [0.2, 0.25) is 0 Å². The molecule has 1 aliphatic heterocycles. The molecule has 0 unspecified atom stereocenters. The molecule has 0 saturated carbocycles. The highest BCUT2D eigenvalue weighted by atomic mass is 15.2. The summed E-state index contributed by atoms with van der Waals surface area (Å²) in [5, 5.41) is 7.43. The average molecular weight is 106 g/mol. The molecule has 0 bridgehead atoms. The lowest BCUT2D eigenvalue weighted by Gasteiger charge is -1.77. The highest BCUT2D eigenvalue weighted by Gasteiger charge is 1.79. The molecule has 0 saturated heterocycles. The Morgan fingerprint density at radius 3 is 3.38 bits per heavy atom. The maximum absolute atomic E-state index is 3.76. The van der Waals surface area contributed by atoms with Gasteiger partial charge in [-0.15, -0.1) is 5.73 Å². The molecule has 0 aromatic rings. The Labute approximate surface area is 47.9 Å². The second kappa shape index (κ2) is 2.24. The smallest absolute Gasteiger partial charge is 0.0676 e. The van der Waals surface area contributed by atoms with Crippen LogP contribution in [0, 0.1) is 0 Å². The fraction of sp³-hybridized carbons (Fsp3) is 0.167. The zero-order valence-electron chi connectivity index (χ0n) is 4.63. The topological polar surface area (TPSA) is 24.7 Å². The zero-order valence-corrected chi connectivity index (χ0v) is 4.63. The summed E-state index contributed by atoms with van der Waals surface area (Å²) in [6, 6.07) is 0. The van der Waals surface area contributed by atoms with Crippen LogP contribution < -0.4 is 0 Å². The van der Waals surface area contributed by atoms with Crippen molar-refractivity contribution in [3.63, 3.8) is 0 Å². The van der Waals surface area contributed by atoms with Crippen LogP contribution in [0.3, 0.4) is 0 Å². The van der Waals surface area contributed by atoms with Crippen molar-refractivity contribution >= 4 is 11.9 Å². The second-order valence-corrected chi connectivity index (χ2v) is 1.48. The van der Waals surface area contributed by atoms with E-state index in [4.69, 9.17) is 0 Å². The highest BCUT2D eigenvalue weighted by molar-refractivity contribution is 5.94. The molecule has 0 amide bonds. The van der Waals surface area contributed by atoms with E-state index in [0.717, 1.165) is 5.71 Å². The van der Waals surface area contributed by atoms with E-state index in [1.807, 2.05) is 6.92 Å². The van der Waals surface area contributed by atoms with Gasteiger partial charge in [0.05, 0.1) is 11.9 Å². The number of allylic oxidation sites excluding steroid dienone is 1. The summed E-state index contributed by atoms with van der Waals surface area (Å²) in [5.74, 6) is 0. The summed E-state index contributed by atoms with van der Waals surface area (Å²) < 4.78 is 0. The summed E-state index contributed by atoms with van der Waals surface area (Å²) in [4.78, 5) is 0. The average Bonchev–Trinajstić information content (AvgIpc) is 1.94. The van der Waals surface area contributed by atoms with Gasteiger partial charge in [-0.1, -0.05) is 0 Å². The van der Waals surface area contributed by atoms with Crippen molar-refractivity contribution in [2.75, 3.05) is 0 Å². The predicted molar refractivity (Wildman–Crippen MR) is 34.3 cm³/mol. The Hall–Kier alpha value is -1.14. The molecular formula is C6H6N2. The molecule has 40 valence electrons. The first-order valence-electron chi connectivity index (χ1n) is 2.38. The third-order valence-electron chi connectivity index (χ3n) is 0.745. The predicted octanol–water partition coefficient (Wildman–Crippen LogP) is 1.16. The van der Waals surface area contributed by atoms with Gasteiger partial charge in [0, 0.05) is 12.2 Å². The largest absolute Gasteiger partial charge is 0.158 e. The minimum Gasteiger partial charge on any atom is -0.158 e. The molecule has 0 radical (unpaired) electrons. The van der Waals surface area contributed by atoms with Crippen LogP contribution in [0.25, 0.3) is 0 Å². The maximum atomic E-state index is 3.76. The maximum Gasteiger partial charge on any atom is 0.0676 e. The van der Waals surface area contributed by atoms with E-state index in [-0.39, 0.29) is 0 Å². The van der Waals surface area contributed by atoms with Gasteiger partial charge in [-0.3, -0.25) is 0 Å². The lowest BCUT2D eigenvalue weighted by atomic mass is 10.4. The third-order valence-corrected chi connectivity index (χ3v) is 0.745. The van der Waals surface area contributed by atoms with Crippen molar-refractivity contribution in [3.05, 3.63) is 17.9 Å². The van der Waals surface area contributed by atoms with Crippen LogP contribution >= 0.6 is 0 Å². The van der Waals surface area contributed by atoms with Gasteiger partial charge in [0.25, 0.3) is 0 Å². The summed E-state index contributed by atoms with van der Waals surface area (Å²) in [6.07, 6.45) is 5.11. The van der Waals surface area contributed by atoms with Crippen LogP contribution in [-0.4, -0.2) is 11.9 Å². The SMILES string of the molecule is CC1=NN=CC=C=C1. The van der Waals surface area contributed by atoms with E-state index in [2.05, 4.69) is 15.9 Å². The van der Waals surface area contributed by atoms with Crippen LogP contribution in [-0.2, 0) is 0 Å². The molecule has 2 heteroatoms. The first kappa shape index (κ1) is 5.01. The summed E-state index contributed by atoms with van der Waals surface area (Å²) in [7, 11) is 0. The normalized spacial score (nSPS) is 15.9. The Morgan fingerprint density at radius 2 is 2.50 bits per heavy atom. The Balaban J connectivity index is 2.94. The molecule has 0 fully saturated rings. The van der Waals surface area contributed by atoms with Gasteiger partial charge < -0.3 is 0 Å². The van der Waals surface area contributed by atoms with Gasteiger partial charge in [0.15, 0.2) is 0 Å². The first-order chi connectivity index (χ1) is 3.89. The fourth-order valence-corrected chi connectivity index (χ4v) is 0.398. The van der Waals surface area contributed by atoms with E-state index in [1.165, 1.54) is 0 Å². The van der Waals surface area contributed by atoms with Crippen LogP contribution in [0.4, 0.5) is 0 Å². The molecule has 2 nitrogen and oxygen atoms in total. The van der Waals surface area contributed by atoms with Crippen molar-refractivity contribution in [3.8, 4) is 0 Å². The van der Waals surface area contributed by atoms with Gasteiger partial charge >= 0.3 is 0 Å². The first-order valence-corrected chi connectivity index (χ1v) is 2.38. The van der Waals surface area contributed by atoms with Crippen molar-refractivity contribution in [1.29, 1.82) is 0 Å². The van der Waals surface area contributed by atoms with Gasteiger partial charge in [0.1, 0.15) is 0 Å². The Morgan fingerprint density at radius 1 is 1.62 bits per heavy atom. The van der Waals surface area contributed by atoms with Crippen molar-refractivity contribution in [2.45, 2.75) is 6.92 Å². The van der Waals surface area contributed by atoms with Crippen LogP contribution in [0.2, 0.25) is 0 Å². The minimum absolute atomic E-state index is 0.884. The lowest BCUT2D eigenvalue weighted by Crippen LogP contribution is -1.77. The van der Waals surface area contributed by atoms with E-state index < -0.39 is 0 Å². The van der Waals surface area contributed by atoms with E-state index >= 15 is 0 Å². The molecule has 0 atom stereocenters. The molecule has 1 rings (SSSR count). The molecule has 1 aliphatic rings. The Bertz CT molecular complexity index is 193. The van der Waals surface area contributed by atoms with Gasteiger partial charge in [-0.2, -0.15) is 10.2 Å². The molecule has 0 spiro atoms. The van der Waals surface area contributed by atoms with E-state index in [9.17, 15) is 0 Å². The standard InChI is InChI=1S/C6H6N2/c1-6-4-2-3-5-7-8-6/h3-5H,1H3. The fourth-order valence-electron chi connectivity index (χ4n) is 0.398. The van der Waals surface area contributed by atoms with Crippen molar-refractivity contribution < 1.29 is 0 Å². The molecular weight excluding hydrogens is 100 g/mol. The van der Waals surface area contributed by atoms with Crippen LogP contribution in [0.5, 0.6) is 0 Å². The number of hydrogen-bond donors (Lipinski definition) is 0. The van der Waals surface area contributed by atoms with Crippen molar-refractivity contribution in [1.82, 2.24) is 0 Å². The Kier molecular flexibility index (Phi) is 1.40. The van der Waals surface area contributed by atoms with Gasteiger partial charge in [-0.25, -0.2) is 0 Å². The summed E-state index contributed by atoms with van der Waals surface area (Å²) in [6.45, 7) is 1.88.